The maximum absolute atomic E-state index is 10.8. The molecule has 0 amide bonds. The molecule has 0 fully saturated rings. The zero-order chi connectivity index (χ0) is 13.0. The zero-order valence-corrected chi connectivity index (χ0v) is 9.85. The number of hydrogen-bond donors (Lipinski definition) is 1. The minimum absolute atomic E-state index is 0.0153. The molecule has 7 nitrogen and oxygen atoms in total. The summed E-state index contributed by atoms with van der Waals surface area (Å²) in [5.74, 6) is 0.280. The summed E-state index contributed by atoms with van der Waals surface area (Å²) in [6.45, 7) is 2.53. The van der Waals surface area contributed by atoms with E-state index in [0.717, 1.165) is 0 Å². The van der Waals surface area contributed by atoms with Crippen molar-refractivity contribution in [2.45, 2.75) is 19.5 Å². The summed E-state index contributed by atoms with van der Waals surface area (Å²) < 4.78 is 1.76. The van der Waals surface area contributed by atoms with Crippen LogP contribution in [0.1, 0.15) is 6.92 Å². The number of nitrogens with one attached hydrogen (secondary N) is 1. The van der Waals surface area contributed by atoms with Crippen LogP contribution < -0.4 is 5.32 Å². The third-order valence-corrected chi connectivity index (χ3v) is 2.39. The monoisotopic (exact) mass is 247 g/mol. The molecule has 0 saturated heterocycles. The van der Waals surface area contributed by atoms with Crippen molar-refractivity contribution in [1.29, 1.82) is 0 Å². The van der Waals surface area contributed by atoms with Gasteiger partial charge in [-0.1, -0.05) is 0 Å². The van der Waals surface area contributed by atoms with Crippen LogP contribution in [0, 0.1) is 10.1 Å². The first-order chi connectivity index (χ1) is 8.66. The van der Waals surface area contributed by atoms with Gasteiger partial charge in [0.1, 0.15) is 0 Å². The molecule has 2 heterocycles. The summed E-state index contributed by atoms with van der Waals surface area (Å²) in [4.78, 5) is 14.4. The Morgan fingerprint density at radius 2 is 2.33 bits per heavy atom. The molecule has 18 heavy (non-hydrogen) atoms. The lowest BCUT2D eigenvalue weighted by atomic mass is 10.3. The highest BCUT2D eigenvalue weighted by molar-refractivity contribution is 5.55. The van der Waals surface area contributed by atoms with Gasteiger partial charge < -0.3 is 5.32 Å². The smallest absolute Gasteiger partial charge is 0.311 e. The van der Waals surface area contributed by atoms with Crippen molar-refractivity contribution >= 4 is 11.5 Å². The largest absolute Gasteiger partial charge is 0.360 e. The van der Waals surface area contributed by atoms with Crippen molar-refractivity contribution in [3.05, 3.63) is 46.9 Å². The molecule has 1 N–H and O–H groups in total. The molecule has 0 unspecified atom stereocenters. The Morgan fingerprint density at radius 3 is 3.00 bits per heavy atom. The van der Waals surface area contributed by atoms with Crippen molar-refractivity contribution in [2.24, 2.45) is 0 Å². The Morgan fingerprint density at radius 1 is 1.50 bits per heavy atom. The highest BCUT2D eigenvalue weighted by atomic mass is 16.6. The number of rotatable bonds is 5. The number of aromatic nitrogens is 3. The van der Waals surface area contributed by atoms with Gasteiger partial charge in [0.25, 0.3) is 0 Å². The summed E-state index contributed by atoms with van der Waals surface area (Å²) >= 11 is 0. The van der Waals surface area contributed by atoms with E-state index in [2.05, 4.69) is 15.4 Å². The highest BCUT2D eigenvalue weighted by Gasteiger charge is 2.15. The van der Waals surface area contributed by atoms with Crippen LogP contribution in [0.2, 0.25) is 0 Å². The molecule has 94 valence electrons. The maximum Gasteiger partial charge on any atom is 0.311 e. The summed E-state index contributed by atoms with van der Waals surface area (Å²) in [7, 11) is 0. The lowest BCUT2D eigenvalue weighted by molar-refractivity contribution is -0.384. The van der Waals surface area contributed by atoms with Crippen LogP contribution in [-0.4, -0.2) is 25.7 Å². The minimum Gasteiger partial charge on any atom is -0.360 e. The van der Waals surface area contributed by atoms with Crippen molar-refractivity contribution < 1.29 is 4.92 Å². The lowest BCUT2D eigenvalue weighted by Gasteiger charge is -2.14. The molecule has 0 aliphatic heterocycles. The van der Waals surface area contributed by atoms with E-state index < -0.39 is 4.92 Å². The average Bonchev–Trinajstić information content (AvgIpc) is 2.82. The summed E-state index contributed by atoms with van der Waals surface area (Å²) in [6, 6.07) is 4.78. The third-order valence-electron chi connectivity index (χ3n) is 2.39. The first-order valence-electron chi connectivity index (χ1n) is 5.50. The van der Waals surface area contributed by atoms with E-state index >= 15 is 0 Å². The Hall–Kier alpha value is -2.44. The Labute approximate surface area is 104 Å². The normalized spacial score (nSPS) is 12.1. The molecule has 1 atom stereocenters. The topological polar surface area (TPSA) is 85.9 Å². The molecule has 0 aromatic carbocycles. The second-order valence-corrected chi connectivity index (χ2v) is 3.90. The van der Waals surface area contributed by atoms with Gasteiger partial charge in [0, 0.05) is 30.7 Å². The van der Waals surface area contributed by atoms with Gasteiger partial charge in [-0.05, 0) is 19.1 Å². The Bertz CT molecular complexity index is 526. The first kappa shape index (κ1) is 12.0. The number of hydrogen-bond acceptors (Lipinski definition) is 5. The summed E-state index contributed by atoms with van der Waals surface area (Å²) in [6.07, 6.45) is 5.05. The van der Waals surface area contributed by atoms with E-state index in [4.69, 9.17) is 0 Å². The number of anilines is 1. The van der Waals surface area contributed by atoms with E-state index in [-0.39, 0.29) is 17.5 Å². The predicted octanol–water partition coefficient (Wildman–Crippen LogP) is 1.69. The van der Waals surface area contributed by atoms with Crippen LogP contribution in [0.5, 0.6) is 0 Å². The Balaban J connectivity index is 2.07. The number of pyridine rings is 1. The van der Waals surface area contributed by atoms with Crippen molar-refractivity contribution in [3.8, 4) is 0 Å². The second kappa shape index (κ2) is 5.26. The first-order valence-corrected chi connectivity index (χ1v) is 5.50. The summed E-state index contributed by atoms with van der Waals surface area (Å²) in [5, 5.41) is 17.9. The average molecular weight is 247 g/mol. The molecular weight excluding hydrogens is 234 g/mol. The van der Waals surface area contributed by atoms with Gasteiger partial charge in [0.2, 0.25) is 5.82 Å². The number of nitro groups is 1. The fourth-order valence-electron chi connectivity index (χ4n) is 1.62. The van der Waals surface area contributed by atoms with Crippen LogP contribution in [0.15, 0.2) is 36.8 Å². The van der Waals surface area contributed by atoms with Gasteiger partial charge in [-0.15, -0.1) is 0 Å². The molecule has 0 bridgehead atoms. The fraction of sp³-hybridized carbons (Fsp3) is 0.273. The van der Waals surface area contributed by atoms with Crippen LogP contribution in [0.25, 0.3) is 0 Å². The van der Waals surface area contributed by atoms with Crippen LogP contribution >= 0.6 is 0 Å². The van der Waals surface area contributed by atoms with E-state index in [0.29, 0.717) is 6.54 Å². The fourth-order valence-corrected chi connectivity index (χ4v) is 1.62. The molecular formula is C11H13N5O2. The summed E-state index contributed by atoms with van der Waals surface area (Å²) in [5.41, 5.74) is -0.0233. The van der Waals surface area contributed by atoms with Crippen molar-refractivity contribution in [3.63, 3.8) is 0 Å². The van der Waals surface area contributed by atoms with Crippen molar-refractivity contribution in [1.82, 2.24) is 14.8 Å². The molecule has 0 aliphatic carbocycles. The predicted molar refractivity (Wildman–Crippen MR) is 66.2 cm³/mol. The third kappa shape index (κ3) is 2.82. The van der Waals surface area contributed by atoms with Crippen LogP contribution in [0.4, 0.5) is 11.5 Å². The second-order valence-electron chi connectivity index (χ2n) is 3.90. The van der Waals surface area contributed by atoms with Gasteiger partial charge in [0.15, 0.2) is 0 Å². The van der Waals surface area contributed by atoms with Gasteiger partial charge in [0.05, 0.1) is 11.5 Å². The molecule has 0 aliphatic rings. The van der Waals surface area contributed by atoms with Gasteiger partial charge in [-0.2, -0.15) is 5.10 Å². The van der Waals surface area contributed by atoms with E-state index in [1.54, 1.807) is 16.9 Å². The quantitative estimate of drug-likeness (QED) is 0.641. The van der Waals surface area contributed by atoms with E-state index in [1.807, 2.05) is 19.2 Å². The van der Waals surface area contributed by atoms with Gasteiger partial charge >= 0.3 is 5.69 Å². The minimum atomic E-state index is -0.448. The molecule has 2 rings (SSSR count). The Kier molecular flexibility index (Phi) is 3.52. The zero-order valence-electron chi connectivity index (χ0n) is 9.85. The maximum atomic E-state index is 10.8. The highest BCUT2D eigenvalue weighted by Crippen LogP contribution is 2.21. The molecule has 7 heteroatoms. The molecule has 0 saturated carbocycles. The molecule has 2 aromatic heterocycles. The molecule has 0 spiro atoms. The van der Waals surface area contributed by atoms with E-state index in [1.165, 1.54) is 12.3 Å². The van der Waals surface area contributed by atoms with Crippen LogP contribution in [0.3, 0.4) is 0 Å². The van der Waals surface area contributed by atoms with Gasteiger partial charge in [-0.25, -0.2) is 4.98 Å². The van der Waals surface area contributed by atoms with Crippen molar-refractivity contribution in [2.75, 3.05) is 5.32 Å². The standard InChI is InChI=1S/C11H13N5O2/c1-9(8-15-7-3-6-13-15)14-11-10(16(17)18)4-2-5-12-11/h2-7,9H,8H2,1H3,(H,12,14)/t9-/m1/s1. The van der Waals surface area contributed by atoms with Crippen LogP contribution in [-0.2, 0) is 6.54 Å². The number of nitrogens with zero attached hydrogens (tertiary/aromatic N) is 4. The van der Waals surface area contributed by atoms with E-state index in [9.17, 15) is 10.1 Å². The van der Waals surface area contributed by atoms with Gasteiger partial charge in [-0.3, -0.25) is 14.8 Å². The SMILES string of the molecule is C[C@H](Cn1cccn1)Nc1ncccc1[N+](=O)[O-]. The molecule has 2 aromatic rings. The molecule has 0 radical (unpaired) electrons. The lowest BCUT2D eigenvalue weighted by Crippen LogP contribution is -2.23.